The third-order valence-electron chi connectivity index (χ3n) is 4.72. The van der Waals surface area contributed by atoms with Crippen LogP contribution in [0.15, 0.2) is 0 Å². The normalized spacial score (nSPS) is 34.6. The van der Waals surface area contributed by atoms with Gasteiger partial charge in [0.2, 0.25) is 0 Å². The summed E-state index contributed by atoms with van der Waals surface area (Å²) in [7, 11) is 0. The molecule has 2 saturated heterocycles. The van der Waals surface area contributed by atoms with Crippen molar-refractivity contribution in [2.24, 2.45) is 11.3 Å². The number of nitrogens with zero attached hydrogens (tertiary/aromatic N) is 1. The first kappa shape index (κ1) is 13.4. The van der Waals surface area contributed by atoms with Gasteiger partial charge in [-0.05, 0) is 51.0 Å². The molecule has 2 aliphatic heterocycles. The highest BCUT2D eigenvalue weighted by atomic mass is 16.5. The molecule has 0 aliphatic carbocycles. The van der Waals surface area contributed by atoms with Gasteiger partial charge in [0.25, 0.3) is 0 Å². The van der Waals surface area contributed by atoms with Gasteiger partial charge >= 0.3 is 0 Å². The predicted octanol–water partition coefficient (Wildman–Crippen LogP) is 3.31. The highest BCUT2D eigenvalue weighted by molar-refractivity contribution is 5.05. The van der Waals surface area contributed by atoms with Crippen molar-refractivity contribution in [3.05, 3.63) is 0 Å². The van der Waals surface area contributed by atoms with Gasteiger partial charge in [-0.1, -0.05) is 20.8 Å². The lowest BCUT2D eigenvalue weighted by Crippen LogP contribution is -2.43. The average Bonchev–Trinajstić information content (AvgIpc) is 2.68. The number of ether oxygens (including phenoxy) is 1. The average molecular weight is 239 g/mol. The third-order valence-corrected chi connectivity index (χ3v) is 4.72. The van der Waals surface area contributed by atoms with Gasteiger partial charge in [0.1, 0.15) is 0 Å². The number of hydrogen-bond donors (Lipinski definition) is 0. The second-order valence-electron chi connectivity index (χ2n) is 7.40. The minimum atomic E-state index is 0.362. The van der Waals surface area contributed by atoms with E-state index in [2.05, 4.69) is 39.5 Å². The van der Waals surface area contributed by atoms with Crippen LogP contribution in [0.4, 0.5) is 0 Å². The summed E-state index contributed by atoms with van der Waals surface area (Å²) >= 11 is 0. The van der Waals surface area contributed by atoms with Gasteiger partial charge in [-0.3, -0.25) is 4.90 Å². The van der Waals surface area contributed by atoms with Crippen LogP contribution in [0.2, 0.25) is 0 Å². The molecule has 0 saturated carbocycles. The fourth-order valence-electron chi connectivity index (χ4n) is 3.42. The van der Waals surface area contributed by atoms with Crippen LogP contribution in [0.1, 0.15) is 53.9 Å². The van der Waals surface area contributed by atoms with Crippen molar-refractivity contribution in [2.45, 2.75) is 65.5 Å². The second-order valence-corrected chi connectivity index (χ2v) is 7.40. The van der Waals surface area contributed by atoms with E-state index in [0.717, 1.165) is 12.5 Å². The standard InChI is InChI=1S/C15H29NO/c1-12(2)17-11-15-7-6-8-16(15)10-13(9-15)14(3,4)5/h12-13H,6-11H2,1-5H3. The fraction of sp³-hybridized carbons (Fsp3) is 1.00. The molecule has 2 nitrogen and oxygen atoms in total. The predicted molar refractivity (Wildman–Crippen MR) is 72.2 cm³/mol. The maximum atomic E-state index is 5.95. The largest absolute Gasteiger partial charge is 0.377 e. The Hall–Kier alpha value is -0.0800. The van der Waals surface area contributed by atoms with E-state index in [1.54, 1.807) is 0 Å². The SMILES string of the molecule is CC(C)OCC12CCCN1CC(C(C)(C)C)C2. The quantitative estimate of drug-likeness (QED) is 0.749. The third kappa shape index (κ3) is 2.68. The molecule has 2 fully saturated rings. The van der Waals surface area contributed by atoms with Crippen LogP contribution in [0.5, 0.6) is 0 Å². The molecule has 0 radical (unpaired) electrons. The summed E-state index contributed by atoms with van der Waals surface area (Å²) in [5, 5.41) is 0. The molecule has 0 amide bonds. The molecular weight excluding hydrogens is 210 g/mol. The van der Waals surface area contributed by atoms with E-state index in [0.29, 0.717) is 17.1 Å². The van der Waals surface area contributed by atoms with Crippen LogP contribution in [-0.4, -0.2) is 36.2 Å². The molecule has 0 aromatic rings. The van der Waals surface area contributed by atoms with Gasteiger partial charge in [0.15, 0.2) is 0 Å². The summed E-state index contributed by atoms with van der Waals surface area (Å²) in [6.45, 7) is 15.0. The first-order valence-electron chi connectivity index (χ1n) is 7.20. The van der Waals surface area contributed by atoms with Crippen LogP contribution in [-0.2, 0) is 4.74 Å². The minimum absolute atomic E-state index is 0.362. The maximum Gasteiger partial charge on any atom is 0.0654 e. The van der Waals surface area contributed by atoms with Crippen LogP contribution >= 0.6 is 0 Å². The van der Waals surface area contributed by atoms with Crippen LogP contribution in [0, 0.1) is 11.3 Å². The Kier molecular flexibility index (Phi) is 3.57. The molecular formula is C15H29NO. The summed E-state index contributed by atoms with van der Waals surface area (Å²) in [6, 6.07) is 0. The molecule has 2 heteroatoms. The topological polar surface area (TPSA) is 12.5 Å². The molecule has 17 heavy (non-hydrogen) atoms. The first-order chi connectivity index (χ1) is 7.83. The monoisotopic (exact) mass is 239 g/mol. The van der Waals surface area contributed by atoms with Crippen molar-refractivity contribution in [1.82, 2.24) is 4.90 Å². The summed E-state index contributed by atoms with van der Waals surface area (Å²) in [6.07, 6.45) is 4.40. The minimum Gasteiger partial charge on any atom is -0.377 e. The summed E-state index contributed by atoms with van der Waals surface area (Å²) in [5.74, 6) is 0.832. The van der Waals surface area contributed by atoms with Crippen molar-refractivity contribution in [2.75, 3.05) is 19.7 Å². The Morgan fingerprint density at radius 3 is 2.65 bits per heavy atom. The van der Waals surface area contributed by atoms with E-state index < -0.39 is 0 Å². The van der Waals surface area contributed by atoms with Crippen LogP contribution in [0.25, 0.3) is 0 Å². The zero-order valence-corrected chi connectivity index (χ0v) is 12.3. The molecule has 2 heterocycles. The van der Waals surface area contributed by atoms with Gasteiger partial charge in [0.05, 0.1) is 12.7 Å². The lowest BCUT2D eigenvalue weighted by atomic mass is 9.76. The smallest absolute Gasteiger partial charge is 0.0654 e. The first-order valence-corrected chi connectivity index (χ1v) is 7.20. The fourth-order valence-corrected chi connectivity index (χ4v) is 3.42. The lowest BCUT2D eigenvalue weighted by molar-refractivity contribution is 0.00254. The summed E-state index contributed by atoms with van der Waals surface area (Å²) in [4.78, 5) is 2.71. The Morgan fingerprint density at radius 2 is 2.06 bits per heavy atom. The lowest BCUT2D eigenvalue weighted by Gasteiger charge is -2.33. The van der Waals surface area contributed by atoms with Crippen LogP contribution in [0.3, 0.4) is 0 Å². The number of rotatable bonds is 3. The Morgan fingerprint density at radius 1 is 1.35 bits per heavy atom. The van der Waals surface area contributed by atoms with E-state index >= 15 is 0 Å². The number of fused-ring (bicyclic) bond motifs is 1. The summed E-state index contributed by atoms with van der Waals surface area (Å²) in [5.41, 5.74) is 0.817. The van der Waals surface area contributed by atoms with Gasteiger partial charge in [-0.2, -0.15) is 0 Å². The zero-order chi connectivity index (χ0) is 12.7. The highest BCUT2D eigenvalue weighted by Gasteiger charge is 2.50. The van der Waals surface area contributed by atoms with Crippen molar-refractivity contribution < 1.29 is 4.74 Å². The maximum absolute atomic E-state index is 5.95. The van der Waals surface area contributed by atoms with Crippen molar-refractivity contribution >= 4 is 0 Å². The van der Waals surface area contributed by atoms with Crippen molar-refractivity contribution in [1.29, 1.82) is 0 Å². The highest BCUT2D eigenvalue weighted by Crippen LogP contribution is 2.47. The van der Waals surface area contributed by atoms with Crippen molar-refractivity contribution in [3.8, 4) is 0 Å². The van der Waals surface area contributed by atoms with E-state index in [4.69, 9.17) is 4.74 Å². The second kappa shape index (κ2) is 4.55. The van der Waals surface area contributed by atoms with E-state index in [1.165, 1.54) is 32.4 Å². The molecule has 0 spiro atoms. The molecule has 2 rings (SSSR count). The molecule has 0 N–H and O–H groups in total. The Bertz CT molecular complexity index is 269. The Labute approximate surface area is 107 Å². The molecule has 0 aromatic carbocycles. The van der Waals surface area contributed by atoms with Gasteiger partial charge < -0.3 is 4.74 Å². The zero-order valence-electron chi connectivity index (χ0n) is 12.3. The van der Waals surface area contributed by atoms with Gasteiger partial charge in [-0.15, -0.1) is 0 Å². The molecule has 2 unspecified atom stereocenters. The van der Waals surface area contributed by atoms with E-state index in [1.807, 2.05) is 0 Å². The van der Waals surface area contributed by atoms with Gasteiger partial charge in [-0.25, -0.2) is 0 Å². The molecule has 2 aliphatic rings. The molecule has 0 aromatic heterocycles. The van der Waals surface area contributed by atoms with Gasteiger partial charge in [0, 0.05) is 12.1 Å². The number of hydrogen-bond acceptors (Lipinski definition) is 2. The molecule has 2 atom stereocenters. The Balaban J connectivity index is 2.04. The van der Waals surface area contributed by atoms with Crippen LogP contribution < -0.4 is 0 Å². The molecule has 0 bridgehead atoms. The molecule has 100 valence electrons. The summed E-state index contributed by atoms with van der Waals surface area (Å²) < 4.78 is 5.95. The van der Waals surface area contributed by atoms with E-state index in [9.17, 15) is 0 Å². The van der Waals surface area contributed by atoms with Crippen molar-refractivity contribution in [3.63, 3.8) is 0 Å². The van der Waals surface area contributed by atoms with E-state index in [-0.39, 0.29) is 0 Å².